The lowest BCUT2D eigenvalue weighted by Crippen LogP contribution is -2.44. The van der Waals surface area contributed by atoms with Crippen molar-refractivity contribution in [2.24, 2.45) is 5.92 Å². The molecule has 2 aliphatic heterocycles. The van der Waals surface area contributed by atoms with Crippen molar-refractivity contribution in [2.75, 3.05) is 26.8 Å². The van der Waals surface area contributed by atoms with E-state index in [2.05, 4.69) is 44.5 Å². The van der Waals surface area contributed by atoms with E-state index in [0.29, 0.717) is 73.2 Å². The molecular formula is C24H31N7O5. The Kier molecular flexibility index (Phi) is 7.14. The van der Waals surface area contributed by atoms with E-state index in [-0.39, 0.29) is 24.7 Å². The van der Waals surface area contributed by atoms with Gasteiger partial charge in [0.1, 0.15) is 12.3 Å². The van der Waals surface area contributed by atoms with Gasteiger partial charge in [0, 0.05) is 25.1 Å². The van der Waals surface area contributed by atoms with Crippen LogP contribution in [0.5, 0.6) is 11.5 Å². The van der Waals surface area contributed by atoms with Crippen molar-refractivity contribution >= 4 is 5.91 Å². The van der Waals surface area contributed by atoms with Gasteiger partial charge in [0.2, 0.25) is 5.89 Å². The number of nitrogens with one attached hydrogen (secondary N) is 1. The quantitative estimate of drug-likeness (QED) is 0.553. The number of aromatic nitrogens is 5. The molecule has 2 aromatic heterocycles. The summed E-state index contributed by atoms with van der Waals surface area (Å²) >= 11 is 0. The molecule has 0 spiro atoms. The third-order valence-corrected chi connectivity index (χ3v) is 6.15. The second kappa shape index (κ2) is 10.6. The Morgan fingerprint density at radius 3 is 3.00 bits per heavy atom. The van der Waals surface area contributed by atoms with Crippen molar-refractivity contribution in [3.8, 4) is 11.5 Å². The third-order valence-electron chi connectivity index (χ3n) is 6.15. The van der Waals surface area contributed by atoms with E-state index in [1.165, 1.54) is 0 Å². The first kappa shape index (κ1) is 24.2. The Morgan fingerprint density at radius 1 is 1.28 bits per heavy atom. The van der Waals surface area contributed by atoms with Crippen LogP contribution in [0.4, 0.5) is 0 Å². The van der Waals surface area contributed by atoms with Crippen LogP contribution in [0.1, 0.15) is 41.6 Å². The van der Waals surface area contributed by atoms with E-state index in [9.17, 15) is 4.79 Å². The van der Waals surface area contributed by atoms with Crippen LogP contribution in [0.3, 0.4) is 0 Å². The van der Waals surface area contributed by atoms with Crippen molar-refractivity contribution < 1.29 is 23.5 Å². The summed E-state index contributed by atoms with van der Waals surface area (Å²) in [4.78, 5) is 19.9. The molecule has 2 atom stereocenters. The Hall–Kier alpha value is -3.51. The summed E-state index contributed by atoms with van der Waals surface area (Å²) in [7, 11) is 1.57. The fourth-order valence-electron chi connectivity index (χ4n) is 4.41. The lowest BCUT2D eigenvalue weighted by Gasteiger charge is -2.20. The fraction of sp³-hybridized carbons (Fsp3) is 0.542. The van der Waals surface area contributed by atoms with E-state index in [1.54, 1.807) is 30.0 Å². The molecule has 1 saturated heterocycles. The first-order valence-corrected chi connectivity index (χ1v) is 12.1. The minimum Gasteiger partial charge on any atom is -0.493 e. The van der Waals surface area contributed by atoms with E-state index in [0.717, 1.165) is 6.42 Å². The average molecular weight is 498 g/mol. The fourth-order valence-corrected chi connectivity index (χ4v) is 4.41. The van der Waals surface area contributed by atoms with Crippen molar-refractivity contribution in [3.63, 3.8) is 0 Å². The molecule has 12 nitrogen and oxygen atoms in total. The number of hydrogen-bond acceptors (Lipinski definition) is 10. The standard InChI is InChI=1S/C24H31N7O5/c1-15(2)8-23-26-22(28-36-23)13-30-11-18-21(12-30)35-14-17-10-31(29-27-17)6-7-34-20-9-16(24(32)25-18)4-5-19(20)33-3/h4-5,9-10,15,18,21H,6-8,11-14H2,1-3H3,(H,25,32)/t18-,21-/m0/s1. The molecule has 1 fully saturated rings. The summed E-state index contributed by atoms with van der Waals surface area (Å²) in [5, 5.41) is 15.6. The highest BCUT2D eigenvalue weighted by atomic mass is 16.5. The molecule has 4 bridgehead atoms. The van der Waals surface area contributed by atoms with Gasteiger partial charge in [0.15, 0.2) is 17.3 Å². The topological polar surface area (TPSA) is 130 Å². The number of amides is 1. The highest BCUT2D eigenvalue weighted by Gasteiger charge is 2.36. The highest BCUT2D eigenvalue weighted by Crippen LogP contribution is 2.28. The predicted molar refractivity (Wildman–Crippen MR) is 126 cm³/mol. The van der Waals surface area contributed by atoms with Gasteiger partial charge in [-0.05, 0) is 24.1 Å². The number of fused-ring (bicyclic) bond motifs is 5. The third kappa shape index (κ3) is 5.65. The van der Waals surface area contributed by atoms with E-state index in [1.807, 2.05) is 6.20 Å². The number of hydrogen-bond donors (Lipinski definition) is 1. The second-order valence-electron chi connectivity index (χ2n) is 9.51. The molecule has 36 heavy (non-hydrogen) atoms. The maximum Gasteiger partial charge on any atom is 0.251 e. The van der Waals surface area contributed by atoms with E-state index in [4.69, 9.17) is 18.7 Å². The van der Waals surface area contributed by atoms with Crippen LogP contribution < -0.4 is 14.8 Å². The largest absolute Gasteiger partial charge is 0.493 e. The van der Waals surface area contributed by atoms with Crippen LogP contribution in [-0.2, 0) is 30.9 Å². The van der Waals surface area contributed by atoms with Gasteiger partial charge in [0.25, 0.3) is 5.91 Å². The van der Waals surface area contributed by atoms with Crippen LogP contribution in [0.15, 0.2) is 28.9 Å². The summed E-state index contributed by atoms with van der Waals surface area (Å²) in [6.07, 6.45) is 2.33. The number of carbonyl (C=O) groups excluding carboxylic acids is 1. The molecule has 4 heterocycles. The van der Waals surface area contributed by atoms with Gasteiger partial charge in [-0.25, -0.2) is 4.68 Å². The van der Waals surface area contributed by atoms with Gasteiger partial charge in [-0.3, -0.25) is 9.69 Å². The van der Waals surface area contributed by atoms with Crippen molar-refractivity contribution in [1.82, 2.24) is 35.4 Å². The zero-order valence-electron chi connectivity index (χ0n) is 20.7. The SMILES string of the molecule is COc1ccc2cc1OCCn1cc(nn1)CO[C@H]1CN(Cc3noc(CC(C)C)n3)C[C@@H]1NC2=O. The Bertz CT molecular complexity index is 1190. The molecular weight excluding hydrogens is 466 g/mol. The zero-order chi connectivity index (χ0) is 25.1. The van der Waals surface area contributed by atoms with Crippen LogP contribution in [-0.4, -0.2) is 74.9 Å². The molecule has 1 amide bonds. The molecule has 1 N–H and O–H groups in total. The highest BCUT2D eigenvalue weighted by molar-refractivity contribution is 5.95. The Morgan fingerprint density at radius 2 is 2.17 bits per heavy atom. The van der Waals surface area contributed by atoms with Gasteiger partial charge in [-0.15, -0.1) is 5.10 Å². The monoisotopic (exact) mass is 497 g/mol. The van der Waals surface area contributed by atoms with Crippen LogP contribution in [0.25, 0.3) is 0 Å². The van der Waals surface area contributed by atoms with E-state index >= 15 is 0 Å². The van der Waals surface area contributed by atoms with Crippen molar-refractivity contribution in [1.29, 1.82) is 0 Å². The molecule has 0 aliphatic carbocycles. The summed E-state index contributed by atoms with van der Waals surface area (Å²) in [5.74, 6) is 2.54. The summed E-state index contributed by atoms with van der Waals surface area (Å²) in [6, 6.07) is 4.90. The predicted octanol–water partition coefficient (Wildman–Crippen LogP) is 1.46. The lowest BCUT2D eigenvalue weighted by atomic mass is 10.1. The lowest BCUT2D eigenvalue weighted by molar-refractivity contribution is 0.0292. The second-order valence-corrected chi connectivity index (χ2v) is 9.51. The maximum absolute atomic E-state index is 13.2. The maximum atomic E-state index is 13.2. The molecule has 0 unspecified atom stereocenters. The van der Waals surface area contributed by atoms with Crippen molar-refractivity contribution in [3.05, 3.63) is 47.4 Å². The number of rotatable bonds is 5. The van der Waals surface area contributed by atoms with E-state index < -0.39 is 0 Å². The van der Waals surface area contributed by atoms with Crippen LogP contribution in [0, 0.1) is 5.92 Å². The number of ether oxygens (including phenoxy) is 3. The number of likely N-dealkylation sites (tertiary alicyclic amines) is 1. The van der Waals surface area contributed by atoms with Crippen molar-refractivity contribution in [2.45, 2.75) is 52.1 Å². The number of nitrogens with zero attached hydrogens (tertiary/aromatic N) is 6. The minimum absolute atomic E-state index is 0.208. The number of methoxy groups -OCH3 is 1. The molecule has 0 radical (unpaired) electrons. The van der Waals surface area contributed by atoms with Gasteiger partial charge in [0.05, 0.1) is 45.1 Å². The smallest absolute Gasteiger partial charge is 0.251 e. The summed E-state index contributed by atoms with van der Waals surface area (Å²) < 4.78 is 24.6. The Balaban J connectivity index is 1.35. The van der Waals surface area contributed by atoms with Crippen LogP contribution >= 0.6 is 0 Å². The average Bonchev–Trinajstić information content (AvgIpc) is 3.58. The molecule has 3 aromatic rings. The van der Waals surface area contributed by atoms with Gasteiger partial charge in [-0.2, -0.15) is 4.98 Å². The molecule has 1 aromatic carbocycles. The van der Waals surface area contributed by atoms with Gasteiger partial charge in [-0.1, -0.05) is 24.2 Å². The summed E-state index contributed by atoms with van der Waals surface area (Å²) in [5.41, 5.74) is 1.19. The number of carbonyl (C=O) groups is 1. The molecule has 0 saturated carbocycles. The normalized spacial score (nSPS) is 20.8. The molecule has 5 rings (SSSR count). The molecule has 2 aliphatic rings. The van der Waals surface area contributed by atoms with Gasteiger partial charge < -0.3 is 24.1 Å². The number of benzene rings is 1. The molecule has 192 valence electrons. The first-order valence-electron chi connectivity index (χ1n) is 12.1. The van der Waals surface area contributed by atoms with Gasteiger partial charge >= 0.3 is 0 Å². The minimum atomic E-state index is -0.250. The zero-order valence-corrected chi connectivity index (χ0v) is 20.7. The van der Waals surface area contributed by atoms with Crippen LogP contribution in [0.2, 0.25) is 0 Å². The summed E-state index contributed by atoms with van der Waals surface area (Å²) in [6.45, 7) is 7.03. The first-order chi connectivity index (χ1) is 17.5. The molecule has 12 heteroatoms. The Labute approximate surface area is 208 Å².